The maximum absolute atomic E-state index is 12.2. The van der Waals surface area contributed by atoms with E-state index in [0.717, 1.165) is 42.4 Å². The number of ether oxygens (including phenoxy) is 1. The molecule has 1 fully saturated rings. The van der Waals surface area contributed by atoms with Crippen LogP contribution in [0.25, 0.3) is 0 Å². The van der Waals surface area contributed by atoms with Crippen molar-refractivity contribution in [3.8, 4) is 0 Å². The van der Waals surface area contributed by atoms with Crippen molar-refractivity contribution >= 4 is 17.8 Å². The zero-order valence-corrected chi connectivity index (χ0v) is 16.2. The van der Waals surface area contributed by atoms with E-state index in [1.54, 1.807) is 0 Å². The van der Waals surface area contributed by atoms with E-state index in [4.69, 9.17) is 4.74 Å². The molecule has 4 rings (SSSR count). The fraction of sp³-hybridized carbons (Fsp3) is 0.348. The summed E-state index contributed by atoms with van der Waals surface area (Å²) in [6, 6.07) is 17.0. The molecule has 29 heavy (non-hydrogen) atoms. The number of nitrogens with zero attached hydrogens (tertiary/aromatic N) is 2. The number of carbonyl (C=O) groups is 2. The monoisotopic (exact) mass is 392 g/mol. The summed E-state index contributed by atoms with van der Waals surface area (Å²) in [5.74, 6) is -0.793. The minimum Gasteiger partial charge on any atom is -0.481 e. The molecule has 0 aromatic heterocycles. The van der Waals surface area contributed by atoms with Crippen molar-refractivity contribution in [2.24, 2.45) is 11.0 Å². The fourth-order valence-corrected chi connectivity index (χ4v) is 4.15. The summed E-state index contributed by atoms with van der Waals surface area (Å²) in [7, 11) is 0. The number of benzene rings is 2. The highest BCUT2D eigenvalue weighted by atomic mass is 16.5. The van der Waals surface area contributed by atoms with Gasteiger partial charge in [0.2, 0.25) is 5.90 Å². The number of carboxylic acids is 1. The highest BCUT2D eigenvalue weighted by molar-refractivity contribution is 5.97. The second kappa shape index (κ2) is 8.47. The third kappa shape index (κ3) is 4.31. The Morgan fingerprint density at radius 3 is 2.45 bits per heavy atom. The molecule has 0 bridgehead atoms. The first kappa shape index (κ1) is 19.2. The molecule has 1 atom stereocenters. The van der Waals surface area contributed by atoms with Crippen LogP contribution in [0.3, 0.4) is 0 Å². The Kier molecular flexibility index (Phi) is 5.60. The normalized spacial score (nSPS) is 18.3. The van der Waals surface area contributed by atoms with Gasteiger partial charge in [0.1, 0.15) is 0 Å². The van der Waals surface area contributed by atoms with Crippen LogP contribution in [0.2, 0.25) is 0 Å². The van der Waals surface area contributed by atoms with Gasteiger partial charge in [-0.2, -0.15) is 0 Å². The van der Waals surface area contributed by atoms with Crippen molar-refractivity contribution in [2.45, 2.75) is 38.1 Å². The quantitative estimate of drug-likeness (QED) is 0.812. The van der Waals surface area contributed by atoms with Crippen LogP contribution in [0, 0.1) is 5.92 Å². The lowest BCUT2D eigenvalue weighted by Gasteiger charge is -2.24. The number of aliphatic carboxylic acids is 1. The zero-order valence-electron chi connectivity index (χ0n) is 16.2. The summed E-state index contributed by atoms with van der Waals surface area (Å²) >= 11 is 0. The third-order valence-corrected chi connectivity index (χ3v) is 5.66. The molecule has 150 valence electrons. The van der Waals surface area contributed by atoms with Gasteiger partial charge in [-0.15, -0.1) is 5.10 Å². The van der Waals surface area contributed by atoms with Crippen LogP contribution in [0.5, 0.6) is 0 Å². The molecular weight excluding hydrogens is 368 g/mol. The van der Waals surface area contributed by atoms with Crippen LogP contribution in [0.15, 0.2) is 59.7 Å². The number of carboxylic acid groups (broad SMARTS) is 1. The molecule has 1 N–H and O–H groups in total. The van der Waals surface area contributed by atoms with E-state index in [2.05, 4.69) is 5.10 Å². The molecular formula is C23H24N2O4. The van der Waals surface area contributed by atoms with Crippen LogP contribution in [-0.2, 0) is 20.9 Å². The molecule has 2 aromatic rings. The molecule has 1 unspecified atom stereocenters. The molecule has 2 aliphatic rings. The number of hydrogen-bond acceptors (Lipinski definition) is 4. The van der Waals surface area contributed by atoms with Gasteiger partial charge in [-0.3, -0.25) is 9.59 Å². The topological polar surface area (TPSA) is 79.2 Å². The molecule has 1 heterocycles. The molecule has 1 saturated carbocycles. The van der Waals surface area contributed by atoms with Crippen molar-refractivity contribution in [3.63, 3.8) is 0 Å². The van der Waals surface area contributed by atoms with E-state index >= 15 is 0 Å². The van der Waals surface area contributed by atoms with Crippen LogP contribution in [-0.4, -0.2) is 34.5 Å². The van der Waals surface area contributed by atoms with Gasteiger partial charge in [0, 0.05) is 5.56 Å². The van der Waals surface area contributed by atoms with E-state index in [1.165, 1.54) is 5.01 Å². The standard InChI is InChI=1S/C23H24N2O4/c26-20-15-29-22(19-8-2-1-3-9-19)24-25(20)14-16-10-12-18(13-11-16)21(23(27)28)17-6-4-5-7-17/h1-3,8-13,17,21H,4-7,14-15H2,(H,27,28). The molecule has 6 heteroatoms. The van der Waals surface area contributed by atoms with Gasteiger partial charge in [-0.05, 0) is 42.0 Å². The zero-order chi connectivity index (χ0) is 20.2. The summed E-state index contributed by atoms with van der Waals surface area (Å²) in [6.07, 6.45) is 4.15. The van der Waals surface area contributed by atoms with Crippen molar-refractivity contribution in [1.82, 2.24) is 5.01 Å². The first-order chi connectivity index (χ1) is 14.1. The predicted molar refractivity (Wildman–Crippen MR) is 108 cm³/mol. The maximum atomic E-state index is 12.2. The number of carbonyl (C=O) groups excluding carboxylic acids is 1. The summed E-state index contributed by atoms with van der Waals surface area (Å²) in [4.78, 5) is 24.0. The van der Waals surface area contributed by atoms with E-state index < -0.39 is 11.9 Å². The average Bonchev–Trinajstić information content (AvgIpc) is 3.26. The lowest BCUT2D eigenvalue weighted by molar-refractivity contribution is -0.140. The molecule has 0 radical (unpaired) electrons. The van der Waals surface area contributed by atoms with Gasteiger partial charge >= 0.3 is 5.97 Å². The average molecular weight is 392 g/mol. The van der Waals surface area contributed by atoms with Crippen LogP contribution >= 0.6 is 0 Å². The second-order valence-corrected chi connectivity index (χ2v) is 7.61. The fourth-order valence-electron chi connectivity index (χ4n) is 4.15. The minimum atomic E-state index is -0.759. The Bertz CT molecular complexity index is 902. The smallest absolute Gasteiger partial charge is 0.311 e. The van der Waals surface area contributed by atoms with E-state index in [1.807, 2.05) is 54.6 Å². The van der Waals surface area contributed by atoms with Crippen LogP contribution < -0.4 is 0 Å². The largest absolute Gasteiger partial charge is 0.481 e. The lowest BCUT2D eigenvalue weighted by Crippen LogP contribution is -2.36. The van der Waals surface area contributed by atoms with Gasteiger partial charge in [-0.25, -0.2) is 5.01 Å². The highest BCUT2D eigenvalue weighted by Crippen LogP contribution is 2.37. The molecule has 0 saturated heterocycles. The van der Waals surface area contributed by atoms with Crippen LogP contribution in [0.1, 0.15) is 48.3 Å². The van der Waals surface area contributed by atoms with Crippen molar-refractivity contribution in [1.29, 1.82) is 0 Å². The third-order valence-electron chi connectivity index (χ3n) is 5.66. The summed E-state index contributed by atoms with van der Waals surface area (Å²) in [5, 5.41) is 15.5. The summed E-state index contributed by atoms with van der Waals surface area (Å²) in [5.41, 5.74) is 2.55. The Labute approximate surface area is 169 Å². The Hall–Kier alpha value is -3.15. The minimum absolute atomic E-state index is 0.0470. The summed E-state index contributed by atoms with van der Waals surface area (Å²) < 4.78 is 5.47. The number of rotatable bonds is 6. The lowest BCUT2D eigenvalue weighted by atomic mass is 9.84. The predicted octanol–water partition coefficient (Wildman–Crippen LogP) is 3.77. The number of hydrazone groups is 1. The summed E-state index contributed by atoms with van der Waals surface area (Å²) in [6.45, 7) is 0.272. The molecule has 1 aliphatic heterocycles. The SMILES string of the molecule is O=C(O)C(c1ccc(CN2N=C(c3ccccc3)OCC2=O)cc1)C1CCCC1. The molecule has 1 aliphatic carbocycles. The van der Waals surface area contributed by atoms with E-state index in [0.29, 0.717) is 12.4 Å². The van der Waals surface area contributed by atoms with E-state index in [9.17, 15) is 14.7 Å². The number of amides is 1. The van der Waals surface area contributed by atoms with Gasteiger partial charge in [0.25, 0.3) is 5.91 Å². The van der Waals surface area contributed by atoms with Gasteiger partial charge in [0.05, 0.1) is 12.5 Å². The Balaban J connectivity index is 1.50. The number of hydrogen-bond donors (Lipinski definition) is 1. The van der Waals surface area contributed by atoms with Gasteiger partial charge in [-0.1, -0.05) is 55.3 Å². The Morgan fingerprint density at radius 2 is 1.79 bits per heavy atom. The van der Waals surface area contributed by atoms with Crippen molar-refractivity contribution in [2.75, 3.05) is 6.61 Å². The Morgan fingerprint density at radius 1 is 1.10 bits per heavy atom. The van der Waals surface area contributed by atoms with Crippen LogP contribution in [0.4, 0.5) is 0 Å². The highest BCUT2D eigenvalue weighted by Gasteiger charge is 2.32. The molecule has 1 amide bonds. The maximum Gasteiger partial charge on any atom is 0.311 e. The first-order valence-corrected chi connectivity index (χ1v) is 10.0. The van der Waals surface area contributed by atoms with Gasteiger partial charge in [0.15, 0.2) is 6.61 Å². The van der Waals surface area contributed by atoms with E-state index in [-0.39, 0.29) is 18.4 Å². The molecule has 2 aromatic carbocycles. The molecule has 0 spiro atoms. The van der Waals surface area contributed by atoms with Crippen molar-refractivity contribution < 1.29 is 19.4 Å². The van der Waals surface area contributed by atoms with Crippen molar-refractivity contribution in [3.05, 3.63) is 71.3 Å². The first-order valence-electron chi connectivity index (χ1n) is 10.0. The second-order valence-electron chi connectivity index (χ2n) is 7.61. The van der Waals surface area contributed by atoms with Gasteiger partial charge < -0.3 is 9.84 Å². The molecule has 6 nitrogen and oxygen atoms in total.